The molecule has 1 rings (SSSR count). The van der Waals surface area contributed by atoms with Crippen molar-refractivity contribution in [2.45, 2.75) is 6.04 Å². The normalized spacial score (nSPS) is 12.0. The maximum Gasteiger partial charge on any atom is 0.115 e. The van der Waals surface area contributed by atoms with Gasteiger partial charge in [0.1, 0.15) is 6.33 Å². The monoisotopic (exact) mass is 147 g/mol. The van der Waals surface area contributed by atoms with Crippen molar-refractivity contribution < 1.29 is 0 Å². The summed E-state index contributed by atoms with van der Waals surface area (Å²) in [5, 5.41) is 2.95. The lowest BCUT2D eigenvalue weighted by molar-refractivity contribution is 0.728. The van der Waals surface area contributed by atoms with Crippen molar-refractivity contribution in [1.82, 2.24) is 15.3 Å². The quantitative estimate of drug-likeness (QED) is 0.614. The predicted molar refractivity (Wildman–Crippen MR) is 42.7 cm³/mol. The minimum atomic E-state index is -0.0869. The molecule has 0 bridgehead atoms. The number of terminal acetylenes is 1. The van der Waals surface area contributed by atoms with Gasteiger partial charge in [-0.15, -0.1) is 6.42 Å². The highest BCUT2D eigenvalue weighted by molar-refractivity contribution is 5.19. The van der Waals surface area contributed by atoms with Gasteiger partial charge in [0.2, 0.25) is 0 Å². The Morgan fingerprint density at radius 2 is 2.18 bits per heavy atom. The van der Waals surface area contributed by atoms with E-state index in [1.165, 1.54) is 6.33 Å². The molecule has 0 aliphatic heterocycles. The van der Waals surface area contributed by atoms with Crippen LogP contribution in [0.3, 0.4) is 0 Å². The highest BCUT2D eigenvalue weighted by Crippen LogP contribution is 2.06. The van der Waals surface area contributed by atoms with E-state index in [-0.39, 0.29) is 6.04 Å². The summed E-state index contributed by atoms with van der Waals surface area (Å²) >= 11 is 0. The lowest BCUT2D eigenvalue weighted by atomic mass is 10.2. The molecular formula is C8H9N3. The average molecular weight is 147 g/mol. The van der Waals surface area contributed by atoms with Crippen LogP contribution in [-0.4, -0.2) is 17.0 Å². The van der Waals surface area contributed by atoms with E-state index in [0.29, 0.717) is 0 Å². The van der Waals surface area contributed by atoms with Crippen molar-refractivity contribution >= 4 is 0 Å². The van der Waals surface area contributed by atoms with Crippen LogP contribution in [0, 0.1) is 12.3 Å². The molecule has 0 aliphatic rings. The van der Waals surface area contributed by atoms with Crippen molar-refractivity contribution in [2.75, 3.05) is 7.05 Å². The first kappa shape index (κ1) is 7.70. The van der Waals surface area contributed by atoms with Crippen molar-refractivity contribution in [3.63, 3.8) is 0 Å². The van der Waals surface area contributed by atoms with E-state index in [1.54, 1.807) is 19.4 Å². The van der Waals surface area contributed by atoms with Crippen LogP contribution in [0.4, 0.5) is 0 Å². The summed E-state index contributed by atoms with van der Waals surface area (Å²) in [7, 11) is 1.80. The van der Waals surface area contributed by atoms with Crippen molar-refractivity contribution in [3.8, 4) is 12.3 Å². The molecule has 3 heteroatoms. The molecule has 0 fully saturated rings. The zero-order valence-electron chi connectivity index (χ0n) is 6.28. The van der Waals surface area contributed by atoms with Crippen molar-refractivity contribution in [3.05, 3.63) is 24.3 Å². The molecule has 0 aliphatic carbocycles. The van der Waals surface area contributed by atoms with Gasteiger partial charge in [-0.1, -0.05) is 5.92 Å². The summed E-state index contributed by atoms with van der Waals surface area (Å²) in [6.45, 7) is 0. The minimum absolute atomic E-state index is 0.0869. The molecule has 1 atom stereocenters. The second kappa shape index (κ2) is 3.69. The fourth-order valence-corrected chi connectivity index (χ4v) is 0.806. The Morgan fingerprint density at radius 3 is 2.64 bits per heavy atom. The van der Waals surface area contributed by atoms with Crippen molar-refractivity contribution in [2.24, 2.45) is 0 Å². The molecule has 0 aromatic carbocycles. The van der Waals surface area contributed by atoms with Crippen LogP contribution in [0.1, 0.15) is 11.6 Å². The second-order valence-electron chi connectivity index (χ2n) is 2.06. The Hall–Kier alpha value is -1.40. The van der Waals surface area contributed by atoms with Gasteiger partial charge in [0.25, 0.3) is 0 Å². The molecule has 1 N–H and O–H groups in total. The van der Waals surface area contributed by atoms with E-state index in [9.17, 15) is 0 Å². The predicted octanol–water partition coefficient (Wildman–Crippen LogP) is 0.370. The Kier molecular flexibility index (Phi) is 2.59. The lowest BCUT2D eigenvalue weighted by Gasteiger charge is -2.06. The summed E-state index contributed by atoms with van der Waals surface area (Å²) in [5.41, 5.74) is 0.914. The molecule has 1 unspecified atom stereocenters. The fourth-order valence-electron chi connectivity index (χ4n) is 0.806. The van der Waals surface area contributed by atoms with Crippen LogP contribution >= 0.6 is 0 Å². The molecule has 1 aromatic rings. The fraction of sp³-hybridized carbons (Fsp3) is 0.250. The maximum atomic E-state index is 5.25. The van der Waals surface area contributed by atoms with Gasteiger partial charge in [0.05, 0.1) is 6.04 Å². The van der Waals surface area contributed by atoms with Gasteiger partial charge in [-0.25, -0.2) is 9.97 Å². The highest BCUT2D eigenvalue weighted by atomic mass is 14.9. The third-order valence-corrected chi connectivity index (χ3v) is 1.37. The number of hydrogen-bond donors (Lipinski definition) is 1. The van der Waals surface area contributed by atoms with Crippen LogP contribution in [0.15, 0.2) is 18.7 Å². The first-order valence-corrected chi connectivity index (χ1v) is 3.26. The smallest absolute Gasteiger partial charge is 0.115 e. The standard InChI is InChI=1S/C8H9N3/c1-3-8(9-2)7-4-10-6-11-5-7/h1,4-6,8-9H,2H3. The Morgan fingerprint density at radius 1 is 1.55 bits per heavy atom. The van der Waals surface area contributed by atoms with E-state index in [2.05, 4.69) is 21.2 Å². The van der Waals surface area contributed by atoms with Gasteiger partial charge in [-0.3, -0.25) is 0 Å². The van der Waals surface area contributed by atoms with Gasteiger partial charge >= 0.3 is 0 Å². The average Bonchev–Trinajstić information content (AvgIpc) is 2.09. The van der Waals surface area contributed by atoms with Crippen LogP contribution in [-0.2, 0) is 0 Å². The van der Waals surface area contributed by atoms with Gasteiger partial charge in [-0.05, 0) is 7.05 Å². The Balaban J connectivity index is 2.85. The molecule has 3 nitrogen and oxygen atoms in total. The highest BCUT2D eigenvalue weighted by Gasteiger charge is 2.03. The van der Waals surface area contributed by atoms with Gasteiger partial charge in [-0.2, -0.15) is 0 Å². The Labute approximate surface area is 65.9 Å². The van der Waals surface area contributed by atoms with E-state index < -0.39 is 0 Å². The third kappa shape index (κ3) is 1.76. The van der Waals surface area contributed by atoms with Crippen LogP contribution in [0.5, 0.6) is 0 Å². The Bertz CT molecular complexity index is 250. The topological polar surface area (TPSA) is 37.8 Å². The molecule has 11 heavy (non-hydrogen) atoms. The number of nitrogens with zero attached hydrogens (tertiary/aromatic N) is 2. The van der Waals surface area contributed by atoms with Gasteiger partial charge in [0.15, 0.2) is 0 Å². The van der Waals surface area contributed by atoms with Gasteiger partial charge in [0, 0.05) is 18.0 Å². The second-order valence-corrected chi connectivity index (χ2v) is 2.06. The number of aromatic nitrogens is 2. The summed E-state index contributed by atoms with van der Waals surface area (Å²) < 4.78 is 0. The first-order chi connectivity index (χ1) is 5.38. The van der Waals surface area contributed by atoms with Crippen molar-refractivity contribution in [1.29, 1.82) is 0 Å². The summed E-state index contributed by atoms with van der Waals surface area (Å²) in [6.07, 6.45) is 10.1. The zero-order valence-corrected chi connectivity index (χ0v) is 6.28. The van der Waals surface area contributed by atoms with E-state index >= 15 is 0 Å². The number of nitrogens with one attached hydrogen (secondary N) is 1. The van der Waals surface area contributed by atoms with E-state index in [0.717, 1.165) is 5.56 Å². The summed E-state index contributed by atoms with van der Waals surface area (Å²) in [5.74, 6) is 2.58. The molecular weight excluding hydrogens is 138 g/mol. The molecule has 0 radical (unpaired) electrons. The first-order valence-electron chi connectivity index (χ1n) is 3.26. The minimum Gasteiger partial charge on any atom is -0.303 e. The third-order valence-electron chi connectivity index (χ3n) is 1.37. The van der Waals surface area contributed by atoms with E-state index in [1.807, 2.05) is 0 Å². The molecule has 0 amide bonds. The lowest BCUT2D eigenvalue weighted by Crippen LogP contribution is -2.14. The van der Waals surface area contributed by atoms with Crippen LogP contribution in [0.2, 0.25) is 0 Å². The molecule has 0 saturated carbocycles. The zero-order chi connectivity index (χ0) is 8.10. The van der Waals surface area contributed by atoms with Gasteiger partial charge < -0.3 is 5.32 Å². The van der Waals surface area contributed by atoms with E-state index in [4.69, 9.17) is 6.42 Å². The number of rotatable bonds is 2. The molecule has 1 aromatic heterocycles. The number of hydrogen-bond acceptors (Lipinski definition) is 3. The summed E-state index contributed by atoms with van der Waals surface area (Å²) in [6, 6.07) is -0.0869. The molecule has 0 saturated heterocycles. The molecule has 1 heterocycles. The van der Waals surface area contributed by atoms with Crippen LogP contribution in [0.25, 0.3) is 0 Å². The molecule has 56 valence electrons. The largest absolute Gasteiger partial charge is 0.303 e. The maximum absolute atomic E-state index is 5.25. The SMILES string of the molecule is C#CC(NC)c1cncnc1. The van der Waals surface area contributed by atoms with Crippen LogP contribution < -0.4 is 5.32 Å². The summed E-state index contributed by atoms with van der Waals surface area (Å²) in [4.78, 5) is 7.71. The molecule has 0 spiro atoms.